The number of H-pyrrole nitrogens is 1. The number of piperidine rings is 1. The highest BCUT2D eigenvalue weighted by Gasteiger charge is 2.32. The maximum Gasteiger partial charge on any atom is 0.255 e. The number of hydrogen-bond acceptors (Lipinski definition) is 6. The Morgan fingerprint density at radius 3 is 2.90 bits per heavy atom. The summed E-state index contributed by atoms with van der Waals surface area (Å²) in [6, 6.07) is 1.70. The lowest BCUT2D eigenvalue weighted by Gasteiger charge is -2.35. The summed E-state index contributed by atoms with van der Waals surface area (Å²) in [5.41, 5.74) is 1.73. The number of likely N-dealkylation sites (tertiary alicyclic amines) is 1. The van der Waals surface area contributed by atoms with Gasteiger partial charge in [-0.05, 0) is 41.7 Å². The second-order valence-electron chi connectivity index (χ2n) is 7.63. The van der Waals surface area contributed by atoms with Gasteiger partial charge in [-0.25, -0.2) is 13.4 Å². The Bertz CT molecular complexity index is 1060. The summed E-state index contributed by atoms with van der Waals surface area (Å²) in [5, 5.41) is 3.93. The number of carbonyl (C=O) groups is 1. The molecular weight excluding hydrogens is 412 g/mol. The molecule has 1 fully saturated rings. The van der Waals surface area contributed by atoms with E-state index < -0.39 is 10.0 Å². The van der Waals surface area contributed by atoms with Crippen LogP contribution >= 0.6 is 11.3 Å². The van der Waals surface area contributed by atoms with Gasteiger partial charge in [0.25, 0.3) is 5.56 Å². The van der Waals surface area contributed by atoms with Crippen LogP contribution in [-0.2, 0) is 34.2 Å². The maximum absolute atomic E-state index is 12.9. The van der Waals surface area contributed by atoms with E-state index in [0.717, 1.165) is 31.1 Å². The molecule has 10 heteroatoms. The Morgan fingerprint density at radius 2 is 2.17 bits per heavy atom. The lowest BCUT2D eigenvalue weighted by molar-refractivity contribution is -0.134. The third-order valence-corrected chi connectivity index (χ3v) is 7.58. The van der Waals surface area contributed by atoms with Gasteiger partial charge in [-0.3, -0.25) is 9.59 Å². The molecule has 1 N–H and O–H groups in total. The molecule has 1 saturated heterocycles. The summed E-state index contributed by atoms with van der Waals surface area (Å²) in [6.07, 6.45) is 4.55. The molecule has 1 amide bonds. The fourth-order valence-corrected chi connectivity index (χ4v) is 5.50. The summed E-state index contributed by atoms with van der Waals surface area (Å²) in [4.78, 5) is 35.0. The van der Waals surface area contributed by atoms with E-state index >= 15 is 0 Å². The van der Waals surface area contributed by atoms with Gasteiger partial charge in [0.1, 0.15) is 5.82 Å². The second-order valence-corrected chi connectivity index (χ2v) is 10.4. The predicted octanol–water partition coefficient (Wildman–Crippen LogP) is 1.45. The Labute approximate surface area is 173 Å². The number of amides is 1. The number of carbonyl (C=O) groups excluding carboxylic acids is 1. The Morgan fingerprint density at radius 1 is 1.34 bits per heavy atom. The van der Waals surface area contributed by atoms with Gasteiger partial charge in [0, 0.05) is 26.1 Å². The summed E-state index contributed by atoms with van der Waals surface area (Å²) < 4.78 is 24.9. The maximum atomic E-state index is 12.9. The van der Waals surface area contributed by atoms with Crippen LogP contribution in [0.4, 0.5) is 0 Å². The first-order valence-corrected chi connectivity index (χ1v) is 12.5. The fraction of sp³-hybridized carbons (Fsp3) is 0.526. The molecule has 0 unspecified atom stereocenters. The van der Waals surface area contributed by atoms with Crippen LogP contribution in [0.5, 0.6) is 0 Å². The molecule has 2 aromatic rings. The van der Waals surface area contributed by atoms with Crippen molar-refractivity contribution in [1.29, 1.82) is 0 Å². The van der Waals surface area contributed by atoms with Crippen molar-refractivity contribution in [3.05, 3.63) is 49.8 Å². The van der Waals surface area contributed by atoms with Crippen molar-refractivity contribution in [2.75, 3.05) is 19.3 Å². The molecular formula is C19H24N4O4S2. The zero-order valence-corrected chi connectivity index (χ0v) is 17.9. The van der Waals surface area contributed by atoms with Crippen LogP contribution in [0.3, 0.4) is 0 Å². The molecule has 4 rings (SSSR count). The molecule has 0 radical (unpaired) electrons. The minimum atomic E-state index is -3.36. The van der Waals surface area contributed by atoms with Gasteiger partial charge in [-0.2, -0.15) is 15.6 Å². The van der Waals surface area contributed by atoms with Crippen molar-refractivity contribution < 1.29 is 13.2 Å². The number of nitrogens with zero attached hydrogens (tertiary/aromatic N) is 3. The highest BCUT2D eigenvalue weighted by atomic mass is 32.2. The van der Waals surface area contributed by atoms with E-state index in [1.807, 2.05) is 21.7 Å². The SMILES string of the molecule is CS(=O)(=O)N1CCc2nc([C@@H]3CCCCN3C(=O)Cc3ccsc3)[nH]c(=O)c2C1. The zero-order valence-electron chi connectivity index (χ0n) is 16.3. The number of aromatic amines is 1. The van der Waals surface area contributed by atoms with Gasteiger partial charge >= 0.3 is 0 Å². The van der Waals surface area contributed by atoms with Crippen molar-refractivity contribution in [2.24, 2.45) is 0 Å². The highest BCUT2D eigenvalue weighted by molar-refractivity contribution is 7.88. The Hall–Kier alpha value is -2.04. The lowest BCUT2D eigenvalue weighted by Crippen LogP contribution is -2.42. The van der Waals surface area contributed by atoms with Crippen LogP contribution in [0.25, 0.3) is 0 Å². The smallest absolute Gasteiger partial charge is 0.255 e. The van der Waals surface area contributed by atoms with E-state index in [-0.39, 0.29) is 24.1 Å². The first-order valence-electron chi connectivity index (χ1n) is 9.70. The Balaban J connectivity index is 1.60. The largest absolute Gasteiger partial charge is 0.332 e. The van der Waals surface area contributed by atoms with Crippen LogP contribution in [-0.4, -0.2) is 52.8 Å². The van der Waals surface area contributed by atoms with Crippen LogP contribution in [0.2, 0.25) is 0 Å². The van der Waals surface area contributed by atoms with Crippen molar-refractivity contribution in [1.82, 2.24) is 19.2 Å². The molecule has 2 aromatic heterocycles. The third kappa shape index (κ3) is 4.29. The number of hydrogen-bond donors (Lipinski definition) is 1. The monoisotopic (exact) mass is 436 g/mol. The molecule has 0 saturated carbocycles. The van der Waals surface area contributed by atoms with E-state index in [0.29, 0.717) is 43.0 Å². The van der Waals surface area contributed by atoms with Crippen LogP contribution in [0.1, 0.15) is 47.9 Å². The van der Waals surface area contributed by atoms with Gasteiger partial charge in [0.2, 0.25) is 15.9 Å². The summed E-state index contributed by atoms with van der Waals surface area (Å²) in [7, 11) is -3.36. The first kappa shape index (κ1) is 20.2. The lowest BCUT2D eigenvalue weighted by atomic mass is 9.99. The van der Waals surface area contributed by atoms with Crippen molar-refractivity contribution in [3.8, 4) is 0 Å². The number of aromatic nitrogens is 2. The van der Waals surface area contributed by atoms with Gasteiger partial charge in [0.05, 0.1) is 30.0 Å². The average molecular weight is 437 g/mol. The van der Waals surface area contributed by atoms with Crippen molar-refractivity contribution >= 4 is 27.3 Å². The standard InChI is InChI=1S/C19H24N4O4S2/c1-29(26,27)22-8-5-15-14(11-22)19(25)21-18(20-15)16-4-2-3-7-23(16)17(24)10-13-6-9-28-12-13/h6,9,12,16H,2-5,7-8,10-11H2,1H3,(H,20,21,25)/t16-/m0/s1. The van der Waals surface area contributed by atoms with Gasteiger partial charge < -0.3 is 9.88 Å². The topological polar surface area (TPSA) is 103 Å². The molecule has 0 aromatic carbocycles. The van der Waals surface area contributed by atoms with E-state index in [9.17, 15) is 18.0 Å². The molecule has 2 aliphatic heterocycles. The van der Waals surface area contributed by atoms with Gasteiger partial charge in [-0.1, -0.05) is 0 Å². The highest BCUT2D eigenvalue weighted by Crippen LogP contribution is 2.30. The molecule has 29 heavy (non-hydrogen) atoms. The van der Waals surface area contributed by atoms with Crippen LogP contribution in [0, 0.1) is 0 Å². The van der Waals surface area contributed by atoms with E-state index in [1.54, 1.807) is 11.3 Å². The van der Waals surface area contributed by atoms with Crippen molar-refractivity contribution in [3.63, 3.8) is 0 Å². The molecule has 2 aliphatic rings. The van der Waals surface area contributed by atoms with Gasteiger partial charge in [0.15, 0.2) is 0 Å². The first-order chi connectivity index (χ1) is 13.8. The zero-order chi connectivity index (χ0) is 20.6. The van der Waals surface area contributed by atoms with Crippen molar-refractivity contribution in [2.45, 2.75) is 44.7 Å². The molecule has 0 aliphatic carbocycles. The molecule has 4 heterocycles. The van der Waals surface area contributed by atoms with Crippen LogP contribution < -0.4 is 5.56 Å². The predicted molar refractivity (Wildman–Crippen MR) is 110 cm³/mol. The number of rotatable bonds is 4. The summed E-state index contributed by atoms with van der Waals surface area (Å²) >= 11 is 1.57. The van der Waals surface area contributed by atoms with E-state index in [2.05, 4.69) is 9.97 Å². The second kappa shape index (κ2) is 8.00. The normalized spacial score (nSPS) is 20.4. The van der Waals surface area contributed by atoms with E-state index in [1.165, 1.54) is 4.31 Å². The third-order valence-electron chi connectivity index (χ3n) is 5.60. The number of sulfonamides is 1. The van der Waals surface area contributed by atoms with Crippen LogP contribution in [0.15, 0.2) is 21.6 Å². The fourth-order valence-electron chi connectivity index (χ4n) is 4.04. The quantitative estimate of drug-likeness (QED) is 0.781. The Kier molecular flexibility index (Phi) is 5.58. The molecule has 156 valence electrons. The van der Waals surface area contributed by atoms with Gasteiger partial charge in [-0.15, -0.1) is 0 Å². The number of nitrogens with one attached hydrogen (secondary N) is 1. The average Bonchev–Trinajstić information content (AvgIpc) is 3.20. The summed E-state index contributed by atoms with van der Waals surface area (Å²) in [6.45, 7) is 1.01. The minimum absolute atomic E-state index is 0.0386. The molecule has 8 nitrogen and oxygen atoms in total. The number of thiophene rings is 1. The summed E-state index contributed by atoms with van der Waals surface area (Å²) in [5.74, 6) is 0.552. The molecule has 0 bridgehead atoms. The number of fused-ring (bicyclic) bond motifs is 1. The molecule has 0 spiro atoms. The van der Waals surface area contributed by atoms with E-state index in [4.69, 9.17) is 0 Å². The molecule has 1 atom stereocenters. The minimum Gasteiger partial charge on any atom is -0.332 e.